The van der Waals surface area contributed by atoms with Crippen LogP contribution in [-0.4, -0.2) is 193 Å². The molecule has 1 unspecified atom stereocenters. The zero-order valence-electron chi connectivity index (χ0n) is 49.6. The molecule has 0 aliphatic carbocycles. The van der Waals surface area contributed by atoms with Crippen molar-refractivity contribution in [2.45, 2.75) is 127 Å². The number of methoxy groups -OCH3 is 2. The van der Waals surface area contributed by atoms with E-state index in [1.54, 1.807) is 44.3 Å². The first-order valence-electron chi connectivity index (χ1n) is 27.7. The van der Waals surface area contributed by atoms with Crippen LogP contribution in [0.1, 0.15) is 77.5 Å². The molecule has 25 nitrogen and oxygen atoms in total. The van der Waals surface area contributed by atoms with Crippen molar-refractivity contribution in [3.63, 3.8) is 0 Å². The summed E-state index contributed by atoms with van der Waals surface area (Å²) in [6.45, 7) is 6.87. The molecule has 84 heavy (non-hydrogen) atoms. The molecule has 5 rings (SSSR count). The number of ether oxygens (including phenoxy) is 6. The number of aromatic nitrogens is 1. The third kappa shape index (κ3) is 19.3. The van der Waals surface area contributed by atoms with Gasteiger partial charge in [-0.15, -0.1) is 0 Å². The maximum absolute atomic E-state index is 14.3. The van der Waals surface area contributed by atoms with Crippen LogP contribution < -0.4 is 31.0 Å². The molecular formula is C57H84ClN8O17P. The number of aryl methyl sites for hydroxylation is 1. The molecule has 1 aromatic heterocycles. The molecule has 4 amide bonds. The number of halogens is 1. The van der Waals surface area contributed by atoms with Crippen LogP contribution in [0.25, 0.3) is 10.9 Å². The first kappa shape index (κ1) is 68.8. The van der Waals surface area contributed by atoms with Gasteiger partial charge in [0.15, 0.2) is 5.72 Å². The number of carbonyl (C=O) groups excluding carboxylic acids is 5. The van der Waals surface area contributed by atoms with E-state index in [0.29, 0.717) is 25.1 Å². The number of para-hydroxylation sites is 1. The highest BCUT2D eigenvalue weighted by Crippen LogP contribution is 2.45. The van der Waals surface area contributed by atoms with Crippen LogP contribution in [0.3, 0.4) is 0 Å². The van der Waals surface area contributed by atoms with Crippen LogP contribution in [0.15, 0.2) is 66.3 Å². The van der Waals surface area contributed by atoms with E-state index in [1.165, 1.54) is 47.1 Å². The van der Waals surface area contributed by atoms with E-state index in [9.17, 15) is 53.5 Å². The van der Waals surface area contributed by atoms with Gasteiger partial charge in [-0.1, -0.05) is 60.5 Å². The van der Waals surface area contributed by atoms with Crippen LogP contribution in [0, 0.1) is 5.92 Å². The predicted octanol–water partition coefficient (Wildman–Crippen LogP) is 4.27. The Morgan fingerprint density at radius 1 is 1.02 bits per heavy atom. The summed E-state index contributed by atoms with van der Waals surface area (Å²) < 4.78 is 50.6. The highest BCUT2D eigenvalue weighted by atomic mass is 35.5. The fraction of sp³-hybridized carbons (Fsp3) is 0.579. The van der Waals surface area contributed by atoms with E-state index in [4.69, 9.17) is 40.0 Å². The van der Waals surface area contributed by atoms with Gasteiger partial charge in [0, 0.05) is 64.8 Å². The lowest BCUT2D eigenvalue weighted by Crippen LogP contribution is -2.63. The minimum Gasteiger partial charge on any atom is -0.495 e. The van der Waals surface area contributed by atoms with E-state index in [-0.39, 0.29) is 81.5 Å². The van der Waals surface area contributed by atoms with Gasteiger partial charge in [0.1, 0.15) is 41.2 Å². The first-order chi connectivity index (χ1) is 39.6. The number of hydrogen-bond donors (Lipinski definition) is 8. The number of rotatable bonds is 26. The Hall–Kier alpha value is -5.96. The maximum Gasteiger partial charge on any atom is 0.409 e. The molecule has 0 spiro atoms. The second-order valence-electron chi connectivity index (χ2n) is 21.6. The molecule has 0 radical (unpaired) electrons. The van der Waals surface area contributed by atoms with Crippen LogP contribution in [-0.2, 0) is 71.7 Å². The number of esters is 1. The third-order valence-electron chi connectivity index (χ3n) is 15.1. The van der Waals surface area contributed by atoms with Crippen LogP contribution in [0.4, 0.5) is 10.5 Å². The smallest absolute Gasteiger partial charge is 0.409 e. The molecule has 466 valence electrons. The van der Waals surface area contributed by atoms with Crippen molar-refractivity contribution >= 4 is 71.5 Å². The predicted molar refractivity (Wildman–Crippen MR) is 313 cm³/mol. The van der Waals surface area contributed by atoms with Gasteiger partial charge < -0.3 is 68.7 Å². The summed E-state index contributed by atoms with van der Waals surface area (Å²) in [5, 5.41) is 44.3. The number of likely N-dealkylation sites (N-methyl/N-ethyl adjacent to an activating group) is 1. The lowest BCUT2D eigenvalue weighted by Gasteiger charge is -2.43. The molecule has 2 aliphatic heterocycles. The van der Waals surface area contributed by atoms with Crippen molar-refractivity contribution in [1.29, 1.82) is 0 Å². The molecule has 3 aromatic rings. The van der Waals surface area contributed by atoms with Crippen molar-refractivity contribution in [3.8, 4) is 5.75 Å². The molecule has 0 saturated carbocycles. The fourth-order valence-electron chi connectivity index (χ4n) is 9.94. The van der Waals surface area contributed by atoms with Crippen LogP contribution >= 0.6 is 19.1 Å². The molecule has 3 heterocycles. The van der Waals surface area contributed by atoms with Crippen molar-refractivity contribution in [2.24, 2.45) is 5.92 Å². The molecule has 8 N–H and O–H groups in total. The third-order valence-corrected chi connectivity index (χ3v) is 17.5. The highest BCUT2D eigenvalue weighted by molar-refractivity contribution is 7.55. The van der Waals surface area contributed by atoms with E-state index in [1.807, 2.05) is 47.8 Å². The minimum atomic E-state index is -4.32. The van der Waals surface area contributed by atoms with E-state index in [0.717, 1.165) is 26.8 Å². The summed E-state index contributed by atoms with van der Waals surface area (Å²) >= 11 is 6.78. The lowest BCUT2D eigenvalue weighted by molar-refractivity contribution is -0.174. The van der Waals surface area contributed by atoms with E-state index in [2.05, 4.69) is 27.4 Å². The summed E-state index contributed by atoms with van der Waals surface area (Å²) in [5.74, 6) is -4.29. The SMILES string of the molecule is CNN(C)Cc1cc2ccccc2n1CCC(=O)N[C@@H](CCC(=O)O)C(=O)NCCOCCOCCP(=O)(O)N(C)[C@@H](C)C(=O)O[C@H]1CC(=O)N(C)c2cc(cc(OC)c2Cl)C/C(C)=C/C=C/[C@@H](OC)[C@@]2(O)C[C@H](OC(=O)N2)[C@@H](C)C[C@@]1(C)O. The minimum absolute atomic E-state index is 0.0151. The molecule has 9 atom stereocenters. The molecule has 1 fully saturated rings. The van der Waals surface area contributed by atoms with Gasteiger partial charge in [0.25, 0.3) is 7.52 Å². The average Bonchev–Trinajstić information content (AvgIpc) is 2.68. The van der Waals surface area contributed by atoms with Crippen LogP contribution in [0.5, 0.6) is 5.75 Å². The summed E-state index contributed by atoms with van der Waals surface area (Å²) in [4.78, 5) is 91.6. The average molecular weight is 1220 g/mol. The topological polar surface area (TPSA) is 319 Å². The fourth-order valence-corrected chi connectivity index (χ4v) is 11.6. The van der Waals surface area contributed by atoms with Crippen molar-refractivity contribution in [3.05, 3.63) is 82.5 Å². The zero-order chi connectivity index (χ0) is 62.1. The van der Waals surface area contributed by atoms with E-state index < -0.39 is 103 Å². The summed E-state index contributed by atoms with van der Waals surface area (Å²) in [5.41, 5.74) is 2.83. The van der Waals surface area contributed by atoms with Gasteiger partial charge in [-0.2, -0.15) is 0 Å². The van der Waals surface area contributed by atoms with Gasteiger partial charge in [0.2, 0.25) is 17.7 Å². The number of anilines is 1. The Labute approximate surface area is 495 Å². The summed E-state index contributed by atoms with van der Waals surface area (Å²) in [6.07, 6.45) is -1.08. The number of carbonyl (C=O) groups is 6. The number of carboxylic acids is 1. The number of nitrogens with one attached hydrogen (secondary N) is 4. The monoisotopic (exact) mass is 1220 g/mol. The Morgan fingerprint density at radius 2 is 1.73 bits per heavy atom. The molecule has 2 aromatic carbocycles. The summed E-state index contributed by atoms with van der Waals surface area (Å²) in [6, 6.07) is 10.7. The number of amides is 4. The number of aliphatic carboxylic acids is 1. The second kappa shape index (κ2) is 31.4. The van der Waals surface area contributed by atoms with E-state index >= 15 is 0 Å². The van der Waals surface area contributed by atoms with Gasteiger partial charge in [-0.05, 0) is 95.3 Å². The molecule has 2 aliphatic rings. The van der Waals surface area contributed by atoms with Gasteiger partial charge in [-0.25, -0.2) is 14.5 Å². The Morgan fingerprint density at radius 3 is 2.40 bits per heavy atom. The number of nitrogens with zero attached hydrogens (tertiary/aromatic N) is 4. The van der Waals surface area contributed by atoms with Crippen LogP contribution in [0.2, 0.25) is 5.02 Å². The second-order valence-corrected chi connectivity index (χ2v) is 24.3. The quantitative estimate of drug-likeness (QED) is 0.0241. The molecule has 1 saturated heterocycles. The number of benzene rings is 2. The van der Waals surface area contributed by atoms with Crippen molar-refractivity contribution in [1.82, 2.24) is 35.6 Å². The number of aliphatic hydroxyl groups is 2. The highest BCUT2D eigenvalue weighted by Gasteiger charge is 2.49. The van der Waals surface area contributed by atoms with Gasteiger partial charge in [0.05, 0.1) is 64.0 Å². The number of hydrazine groups is 1. The number of hydrogen-bond acceptors (Lipinski definition) is 17. The standard InChI is InChI=1S/C57H84ClN8O17P/c1-36-14-13-17-47(79-10)57(75)34-46(82-55(73)62-57)37(2)33-56(4,74)48(32-50(68)64(7)44-29-39(28-36)30-45(78-9)52(44)58)83-54(72)38(3)65(8)84(76,77)27-26-81-25-24-80-23-21-60-53(71)42(18-19-51(69)70)61-49(67)20-22-66-41(35-63(6)59-5)31-40-15-11-12-16-43(40)66/h11-17,29-31,37-38,42,46-48,59,74-75H,18-28,32-35H2,1-10H3,(H,60,71)(H,61,67)(H,62,73)(H,69,70)(H,76,77)/b17-13+,36-14+/t37-,38-,42-,46-,47+,48-,56+,57-/m0/s1. The number of alkyl carbamates (subject to hydrolysis) is 1. The molecular weight excluding hydrogens is 1140 g/mol. The Bertz CT molecular complexity index is 2890. The first-order valence-corrected chi connectivity index (χ1v) is 29.9. The molecule has 27 heteroatoms. The largest absolute Gasteiger partial charge is 0.495 e. The normalized spacial score (nSPS) is 24.0. The Balaban J connectivity index is 1.16. The van der Waals surface area contributed by atoms with Gasteiger partial charge in [-0.3, -0.25) is 39.3 Å². The molecule has 4 bridgehead atoms. The number of carboxylic acid groups (broad SMARTS) is 1. The zero-order valence-corrected chi connectivity index (χ0v) is 51.2. The van der Waals surface area contributed by atoms with Crippen molar-refractivity contribution in [2.75, 3.05) is 86.4 Å². The maximum atomic E-state index is 14.3. The number of allylic oxidation sites excluding steroid dienone is 3. The van der Waals surface area contributed by atoms with Crippen molar-refractivity contribution < 1.29 is 82.0 Å². The number of fused-ring (bicyclic) bond motifs is 5. The summed E-state index contributed by atoms with van der Waals surface area (Å²) in [7, 11) is 4.90. The Kier molecular flexibility index (Phi) is 25.8. The van der Waals surface area contributed by atoms with Gasteiger partial charge >= 0.3 is 18.0 Å². The lowest BCUT2D eigenvalue weighted by atomic mass is 9.81.